The van der Waals surface area contributed by atoms with Gasteiger partial charge in [-0.25, -0.2) is 9.68 Å². The van der Waals surface area contributed by atoms with Gasteiger partial charge in [-0.1, -0.05) is 13.8 Å². The van der Waals surface area contributed by atoms with Gasteiger partial charge in [0.2, 0.25) is 0 Å². The standard InChI is InChI=1S/C10H18O4/c1-4-10(5-2,14-12)8-7-9(11)13-6-3/h7-8,12H,4-6H2,1-3H3/b8-7+. The molecule has 0 fully saturated rings. The van der Waals surface area contributed by atoms with E-state index in [1.807, 2.05) is 13.8 Å². The lowest BCUT2D eigenvalue weighted by molar-refractivity contribution is -0.309. The van der Waals surface area contributed by atoms with Gasteiger partial charge in [0.1, 0.15) is 5.60 Å². The summed E-state index contributed by atoms with van der Waals surface area (Å²) in [5, 5.41) is 8.72. The first kappa shape index (κ1) is 13.1. The number of carbonyl (C=O) groups is 1. The summed E-state index contributed by atoms with van der Waals surface area (Å²) in [5.74, 6) is -0.421. The molecule has 0 heterocycles. The Labute approximate surface area is 84.4 Å². The highest BCUT2D eigenvalue weighted by Gasteiger charge is 2.24. The Hall–Kier alpha value is -0.870. The van der Waals surface area contributed by atoms with E-state index in [0.29, 0.717) is 19.4 Å². The van der Waals surface area contributed by atoms with Crippen LogP contribution in [0.4, 0.5) is 0 Å². The molecule has 0 saturated heterocycles. The van der Waals surface area contributed by atoms with Gasteiger partial charge in [0.25, 0.3) is 0 Å². The summed E-state index contributed by atoms with van der Waals surface area (Å²) in [4.78, 5) is 15.4. The second-order valence-electron chi connectivity index (χ2n) is 2.95. The number of ether oxygens (including phenoxy) is 1. The molecule has 4 nitrogen and oxygen atoms in total. The van der Waals surface area contributed by atoms with Crippen LogP contribution in [0.2, 0.25) is 0 Å². The lowest BCUT2D eigenvalue weighted by Crippen LogP contribution is -2.27. The van der Waals surface area contributed by atoms with Crippen molar-refractivity contribution in [3.63, 3.8) is 0 Å². The second kappa shape index (κ2) is 6.56. The molecule has 0 aromatic heterocycles. The fraction of sp³-hybridized carbons (Fsp3) is 0.700. The van der Waals surface area contributed by atoms with Crippen LogP contribution in [0.3, 0.4) is 0 Å². The van der Waals surface area contributed by atoms with Crippen LogP contribution in [-0.2, 0) is 14.4 Å². The Morgan fingerprint density at radius 2 is 1.93 bits per heavy atom. The van der Waals surface area contributed by atoms with Crippen molar-refractivity contribution in [3.8, 4) is 0 Å². The zero-order chi connectivity index (χ0) is 11.0. The van der Waals surface area contributed by atoms with Crippen LogP contribution in [0.25, 0.3) is 0 Å². The maximum absolute atomic E-state index is 11.0. The van der Waals surface area contributed by atoms with Crippen LogP contribution in [0, 0.1) is 0 Å². The minimum atomic E-state index is -0.771. The Kier molecular flexibility index (Phi) is 6.16. The Morgan fingerprint density at radius 1 is 1.36 bits per heavy atom. The van der Waals surface area contributed by atoms with Gasteiger partial charge in [-0.3, -0.25) is 5.26 Å². The van der Waals surface area contributed by atoms with Crippen molar-refractivity contribution in [1.29, 1.82) is 0 Å². The zero-order valence-corrected chi connectivity index (χ0v) is 8.95. The van der Waals surface area contributed by atoms with E-state index in [-0.39, 0.29) is 0 Å². The minimum absolute atomic E-state index is 0.342. The fourth-order valence-electron chi connectivity index (χ4n) is 1.06. The maximum atomic E-state index is 11.0. The first-order chi connectivity index (χ1) is 6.64. The van der Waals surface area contributed by atoms with Crippen molar-refractivity contribution in [2.45, 2.75) is 39.2 Å². The molecule has 82 valence electrons. The van der Waals surface area contributed by atoms with Gasteiger partial charge in [0, 0.05) is 6.08 Å². The number of hydrogen-bond acceptors (Lipinski definition) is 4. The van der Waals surface area contributed by atoms with E-state index >= 15 is 0 Å². The highest BCUT2D eigenvalue weighted by atomic mass is 17.1. The third kappa shape index (κ3) is 3.89. The molecular weight excluding hydrogens is 184 g/mol. The molecule has 1 N–H and O–H groups in total. The van der Waals surface area contributed by atoms with E-state index in [4.69, 9.17) is 9.99 Å². The summed E-state index contributed by atoms with van der Waals surface area (Å²) in [7, 11) is 0. The average Bonchev–Trinajstić information content (AvgIpc) is 2.21. The van der Waals surface area contributed by atoms with E-state index in [9.17, 15) is 4.79 Å². The van der Waals surface area contributed by atoms with Crippen molar-refractivity contribution in [1.82, 2.24) is 0 Å². The predicted molar refractivity (Wildman–Crippen MR) is 52.8 cm³/mol. The topological polar surface area (TPSA) is 55.8 Å². The van der Waals surface area contributed by atoms with Crippen LogP contribution >= 0.6 is 0 Å². The molecule has 0 aliphatic rings. The number of rotatable bonds is 6. The van der Waals surface area contributed by atoms with E-state index in [1.54, 1.807) is 6.92 Å². The largest absolute Gasteiger partial charge is 0.463 e. The predicted octanol–water partition coefficient (Wildman–Crippen LogP) is 2.15. The summed E-state index contributed by atoms with van der Waals surface area (Å²) in [6.07, 6.45) is 4.00. The van der Waals surface area contributed by atoms with Crippen LogP contribution in [0.1, 0.15) is 33.6 Å². The monoisotopic (exact) mass is 202 g/mol. The van der Waals surface area contributed by atoms with Crippen molar-refractivity contribution < 1.29 is 19.7 Å². The first-order valence-corrected chi connectivity index (χ1v) is 4.82. The summed E-state index contributed by atoms with van der Waals surface area (Å²) >= 11 is 0. The molecule has 0 saturated carbocycles. The third-order valence-corrected chi connectivity index (χ3v) is 2.19. The molecule has 0 rings (SSSR count). The molecule has 0 aromatic carbocycles. The SMILES string of the molecule is CCOC(=O)/C=C/C(CC)(CC)OO. The van der Waals surface area contributed by atoms with Gasteiger partial charge in [0.15, 0.2) is 0 Å². The third-order valence-electron chi connectivity index (χ3n) is 2.19. The van der Waals surface area contributed by atoms with Crippen molar-refractivity contribution in [2.24, 2.45) is 0 Å². The molecule has 4 heteroatoms. The van der Waals surface area contributed by atoms with E-state index in [1.165, 1.54) is 12.2 Å². The molecule has 0 bridgehead atoms. The number of hydrogen-bond donors (Lipinski definition) is 1. The molecule has 0 atom stereocenters. The quantitative estimate of drug-likeness (QED) is 0.310. The minimum Gasteiger partial charge on any atom is -0.463 e. The normalized spacial score (nSPS) is 12.0. The maximum Gasteiger partial charge on any atom is 0.330 e. The molecule has 14 heavy (non-hydrogen) atoms. The fourth-order valence-corrected chi connectivity index (χ4v) is 1.06. The van der Waals surface area contributed by atoms with Gasteiger partial charge in [0.05, 0.1) is 6.61 Å². The van der Waals surface area contributed by atoms with E-state index in [0.717, 1.165) is 0 Å². The molecule has 0 aliphatic heterocycles. The second-order valence-corrected chi connectivity index (χ2v) is 2.95. The number of carbonyl (C=O) groups excluding carboxylic acids is 1. The van der Waals surface area contributed by atoms with Crippen molar-refractivity contribution in [2.75, 3.05) is 6.61 Å². The Morgan fingerprint density at radius 3 is 2.29 bits per heavy atom. The van der Waals surface area contributed by atoms with Gasteiger partial charge in [-0.2, -0.15) is 0 Å². The molecule has 0 amide bonds. The van der Waals surface area contributed by atoms with Gasteiger partial charge >= 0.3 is 5.97 Å². The lowest BCUT2D eigenvalue weighted by Gasteiger charge is -2.23. The molecule has 0 spiro atoms. The lowest BCUT2D eigenvalue weighted by atomic mass is 9.97. The molecule has 0 radical (unpaired) electrons. The van der Waals surface area contributed by atoms with Crippen LogP contribution < -0.4 is 0 Å². The van der Waals surface area contributed by atoms with Gasteiger partial charge < -0.3 is 4.74 Å². The summed E-state index contributed by atoms with van der Waals surface area (Å²) in [6, 6.07) is 0. The van der Waals surface area contributed by atoms with Crippen LogP contribution in [-0.4, -0.2) is 23.4 Å². The molecule has 0 aliphatic carbocycles. The molecule has 0 unspecified atom stereocenters. The molecule has 0 aromatic rings. The van der Waals surface area contributed by atoms with Crippen molar-refractivity contribution >= 4 is 5.97 Å². The highest BCUT2D eigenvalue weighted by molar-refractivity contribution is 5.82. The Balaban J connectivity index is 4.35. The average molecular weight is 202 g/mol. The summed E-state index contributed by atoms with van der Waals surface area (Å²) in [6.45, 7) is 5.82. The van der Waals surface area contributed by atoms with Gasteiger partial charge in [-0.15, -0.1) is 0 Å². The number of esters is 1. The van der Waals surface area contributed by atoms with Crippen molar-refractivity contribution in [3.05, 3.63) is 12.2 Å². The first-order valence-electron chi connectivity index (χ1n) is 4.82. The highest BCUT2D eigenvalue weighted by Crippen LogP contribution is 2.20. The van der Waals surface area contributed by atoms with Crippen LogP contribution in [0.15, 0.2) is 12.2 Å². The van der Waals surface area contributed by atoms with Crippen LogP contribution in [0.5, 0.6) is 0 Å². The zero-order valence-electron chi connectivity index (χ0n) is 8.95. The molecular formula is C10H18O4. The summed E-state index contributed by atoms with van der Waals surface area (Å²) < 4.78 is 4.71. The van der Waals surface area contributed by atoms with Gasteiger partial charge in [-0.05, 0) is 25.8 Å². The smallest absolute Gasteiger partial charge is 0.330 e. The summed E-state index contributed by atoms with van der Waals surface area (Å²) in [5.41, 5.74) is -0.771. The Bertz CT molecular complexity index is 186. The van der Waals surface area contributed by atoms with E-state index < -0.39 is 11.6 Å². The van der Waals surface area contributed by atoms with E-state index in [2.05, 4.69) is 4.89 Å².